The Labute approximate surface area is 138 Å². The van der Waals surface area contributed by atoms with Gasteiger partial charge in [0.2, 0.25) is 0 Å². The molecule has 4 rings (SSSR count). The summed E-state index contributed by atoms with van der Waals surface area (Å²) < 4.78 is 12.5. The van der Waals surface area contributed by atoms with Gasteiger partial charge in [-0.1, -0.05) is 30.3 Å². The van der Waals surface area contributed by atoms with Gasteiger partial charge in [0, 0.05) is 36.7 Å². The lowest BCUT2D eigenvalue weighted by atomic mass is 10.1. The van der Waals surface area contributed by atoms with Crippen LogP contribution in [-0.2, 0) is 25.6 Å². The van der Waals surface area contributed by atoms with Crippen LogP contribution in [0.4, 0.5) is 0 Å². The highest BCUT2D eigenvalue weighted by molar-refractivity contribution is 6.38. The van der Waals surface area contributed by atoms with Crippen molar-refractivity contribution in [3.63, 3.8) is 0 Å². The van der Waals surface area contributed by atoms with Crippen LogP contribution >= 0.6 is 0 Å². The maximum atomic E-state index is 12.5. The summed E-state index contributed by atoms with van der Waals surface area (Å²) in [5.41, 5.74) is 0.943. The number of hydrogen-bond donors (Lipinski definition) is 0. The van der Waals surface area contributed by atoms with E-state index in [1.165, 1.54) is 0 Å². The highest BCUT2D eigenvalue weighted by Gasteiger charge is 2.40. The first-order valence-corrected chi connectivity index (χ1v) is 7.93. The molecule has 1 fully saturated rings. The predicted octanol–water partition coefficient (Wildman–Crippen LogP) is 2.52. The lowest BCUT2D eigenvalue weighted by molar-refractivity contribution is -0.217. The molecule has 0 amide bonds. The molecule has 0 aliphatic carbocycles. The van der Waals surface area contributed by atoms with E-state index < -0.39 is 17.7 Å². The third kappa shape index (κ3) is 1.94. The number of nitrogens with zero attached hydrogens (tertiary/aromatic N) is 1. The van der Waals surface area contributed by atoms with Crippen LogP contribution in [0, 0.1) is 0 Å². The molecule has 1 aliphatic rings. The summed E-state index contributed by atoms with van der Waals surface area (Å²) in [6.07, 6.45) is 0. The quantitative estimate of drug-likeness (QED) is 0.646. The van der Waals surface area contributed by atoms with Crippen LogP contribution in [0.15, 0.2) is 36.4 Å². The number of aromatic nitrogens is 1. The van der Waals surface area contributed by atoms with Crippen molar-refractivity contribution in [3.05, 3.63) is 41.7 Å². The number of carbonyl (C=O) groups is 2. The summed E-state index contributed by atoms with van der Waals surface area (Å²) in [4.78, 5) is 25.1. The zero-order valence-corrected chi connectivity index (χ0v) is 13.8. The Morgan fingerprint density at radius 1 is 1.00 bits per heavy atom. The highest BCUT2D eigenvalue weighted by atomic mass is 16.7. The fraction of sp³-hybridized carbons (Fsp3) is 0.263. The van der Waals surface area contributed by atoms with Crippen molar-refractivity contribution in [2.45, 2.75) is 33.1 Å². The van der Waals surface area contributed by atoms with Crippen LogP contribution in [0.2, 0.25) is 0 Å². The Morgan fingerprint density at radius 3 is 2.25 bits per heavy atom. The first-order valence-electron chi connectivity index (χ1n) is 7.93. The monoisotopic (exact) mass is 323 g/mol. The molecular weight excluding hydrogens is 306 g/mol. The second-order valence-electron chi connectivity index (χ2n) is 6.33. The van der Waals surface area contributed by atoms with Gasteiger partial charge in [-0.25, -0.2) is 9.59 Å². The molecule has 0 saturated carbocycles. The largest absolute Gasteiger partial charge is 0.419 e. The summed E-state index contributed by atoms with van der Waals surface area (Å²) in [6.45, 7) is 5.70. The van der Waals surface area contributed by atoms with Gasteiger partial charge in [0.05, 0.1) is 5.35 Å². The summed E-state index contributed by atoms with van der Waals surface area (Å²) in [6, 6.07) is 11.8. The molecule has 0 radical (unpaired) electrons. The van der Waals surface area contributed by atoms with Crippen molar-refractivity contribution in [1.82, 2.24) is 4.57 Å². The topological polar surface area (TPSA) is 57.5 Å². The van der Waals surface area contributed by atoms with E-state index in [1.54, 1.807) is 13.8 Å². The minimum atomic E-state index is -1.24. The standard InChI is InChI=1S/C19H17NO4/c1-4-20-13-10-6-8-11-7-5-9-12(14(11)13)16(20)15-17(21)23-19(2,3)24-18(15)22/h5-10H,4H2,1-3H3. The number of carbonyl (C=O) groups excluding carboxylic acids is 2. The molecule has 0 unspecified atom stereocenters. The molecule has 3 aromatic rings. The number of rotatable bonds is 1. The Kier molecular flexibility index (Phi) is 2.97. The summed E-state index contributed by atoms with van der Waals surface area (Å²) >= 11 is 0. The van der Waals surface area contributed by atoms with Crippen LogP contribution in [0.5, 0.6) is 0 Å². The maximum Gasteiger partial charge on any atom is 0.351 e. The van der Waals surface area contributed by atoms with E-state index in [0.717, 1.165) is 21.7 Å². The van der Waals surface area contributed by atoms with E-state index in [0.29, 0.717) is 11.9 Å². The molecule has 1 aliphatic heterocycles. The molecular formula is C19H17NO4. The highest BCUT2D eigenvalue weighted by Crippen LogP contribution is 2.28. The van der Waals surface area contributed by atoms with Crippen LogP contribution in [0.25, 0.3) is 27.2 Å². The minimum absolute atomic E-state index is 0.0418. The first-order chi connectivity index (χ1) is 11.4. The minimum Gasteiger partial charge on any atom is -0.419 e. The molecule has 1 saturated heterocycles. The average Bonchev–Trinajstić information content (AvgIpc) is 2.82. The third-order valence-corrected chi connectivity index (χ3v) is 4.34. The molecule has 1 aromatic heterocycles. The van der Waals surface area contributed by atoms with Gasteiger partial charge in [-0.3, -0.25) is 0 Å². The zero-order chi connectivity index (χ0) is 17.1. The van der Waals surface area contributed by atoms with Gasteiger partial charge in [-0.05, 0) is 18.4 Å². The van der Waals surface area contributed by atoms with Crippen molar-refractivity contribution < 1.29 is 19.1 Å². The second-order valence-corrected chi connectivity index (χ2v) is 6.33. The summed E-state index contributed by atoms with van der Waals surface area (Å²) in [7, 11) is 0. The van der Waals surface area contributed by atoms with E-state index in [9.17, 15) is 9.59 Å². The van der Waals surface area contributed by atoms with Crippen LogP contribution in [-0.4, -0.2) is 22.3 Å². The van der Waals surface area contributed by atoms with E-state index >= 15 is 0 Å². The predicted molar refractivity (Wildman–Crippen MR) is 90.0 cm³/mol. The lowest BCUT2D eigenvalue weighted by Gasteiger charge is -2.29. The van der Waals surface area contributed by atoms with Crippen molar-refractivity contribution >= 4 is 39.2 Å². The molecule has 2 heterocycles. The number of cyclic esters (lactones) is 2. The smallest absolute Gasteiger partial charge is 0.351 e. The molecule has 2 aromatic carbocycles. The fourth-order valence-corrected chi connectivity index (χ4v) is 3.45. The molecule has 5 heteroatoms. The van der Waals surface area contributed by atoms with Gasteiger partial charge in [0.25, 0.3) is 5.79 Å². The Morgan fingerprint density at radius 2 is 1.62 bits per heavy atom. The van der Waals surface area contributed by atoms with Gasteiger partial charge < -0.3 is 14.0 Å². The van der Waals surface area contributed by atoms with E-state index in [-0.39, 0.29) is 5.57 Å². The van der Waals surface area contributed by atoms with Crippen LogP contribution in [0.1, 0.15) is 20.8 Å². The van der Waals surface area contributed by atoms with Gasteiger partial charge >= 0.3 is 11.9 Å². The summed E-state index contributed by atoms with van der Waals surface area (Å²) in [5, 5.41) is 3.52. The molecule has 0 atom stereocenters. The first kappa shape index (κ1) is 14.8. The number of hydrogen-bond acceptors (Lipinski definition) is 4. The number of aryl methyl sites for hydroxylation is 1. The lowest BCUT2D eigenvalue weighted by Crippen LogP contribution is -2.44. The van der Waals surface area contributed by atoms with E-state index in [4.69, 9.17) is 9.47 Å². The normalized spacial score (nSPS) is 17.4. The SMILES string of the molecule is CCn1c(=C2C(=O)OC(C)(C)OC2=O)c2cccc3cccc1c32. The van der Waals surface area contributed by atoms with Gasteiger partial charge in [-0.2, -0.15) is 0 Å². The summed E-state index contributed by atoms with van der Waals surface area (Å²) in [5.74, 6) is -2.53. The average molecular weight is 323 g/mol. The molecule has 122 valence electrons. The van der Waals surface area contributed by atoms with Gasteiger partial charge in [0.15, 0.2) is 5.57 Å². The zero-order valence-electron chi connectivity index (χ0n) is 13.8. The number of esters is 2. The Hall–Kier alpha value is -2.82. The maximum absolute atomic E-state index is 12.5. The van der Waals surface area contributed by atoms with Crippen LogP contribution < -0.4 is 5.35 Å². The van der Waals surface area contributed by atoms with Crippen LogP contribution in [0.3, 0.4) is 0 Å². The Bertz CT molecular complexity index is 1030. The molecule has 0 spiro atoms. The Balaban J connectivity index is 2.20. The van der Waals surface area contributed by atoms with Crippen molar-refractivity contribution in [1.29, 1.82) is 0 Å². The molecule has 5 nitrogen and oxygen atoms in total. The number of benzene rings is 2. The number of ether oxygens (including phenoxy) is 2. The van der Waals surface area contributed by atoms with Crippen molar-refractivity contribution in [2.24, 2.45) is 0 Å². The fourth-order valence-electron chi connectivity index (χ4n) is 3.45. The van der Waals surface area contributed by atoms with Crippen molar-refractivity contribution in [3.8, 4) is 0 Å². The molecule has 0 N–H and O–H groups in total. The van der Waals surface area contributed by atoms with Crippen molar-refractivity contribution in [2.75, 3.05) is 0 Å². The van der Waals surface area contributed by atoms with E-state index in [2.05, 4.69) is 0 Å². The van der Waals surface area contributed by atoms with Gasteiger partial charge in [-0.15, -0.1) is 0 Å². The van der Waals surface area contributed by atoms with Gasteiger partial charge in [0.1, 0.15) is 0 Å². The molecule has 0 bridgehead atoms. The molecule has 24 heavy (non-hydrogen) atoms. The second kappa shape index (κ2) is 4.84. The van der Waals surface area contributed by atoms with E-state index in [1.807, 2.05) is 47.9 Å². The third-order valence-electron chi connectivity index (χ3n) is 4.34.